The molecule has 0 spiro atoms. The standard InChI is InChI=1S/C14H18N4/c1-17(2)13(9-15)11-6-5-7-12(8-11)14(10-16)18(3)4/h5-8,13-14H,1-4H3. The average Bonchev–Trinajstić information content (AvgIpc) is 2.30. The van der Waals surface area contributed by atoms with Gasteiger partial charge in [-0.1, -0.05) is 24.3 Å². The van der Waals surface area contributed by atoms with Gasteiger partial charge in [0.1, 0.15) is 12.1 Å². The van der Waals surface area contributed by atoms with Crippen LogP contribution < -0.4 is 0 Å². The molecule has 0 aliphatic carbocycles. The van der Waals surface area contributed by atoms with Crippen molar-refractivity contribution in [3.05, 3.63) is 35.4 Å². The van der Waals surface area contributed by atoms with Crippen LogP contribution in [0.2, 0.25) is 0 Å². The fourth-order valence-electron chi connectivity index (χ4n) is 1.88. The van der Waals surface area contributed by atoms with Crippen LogP contribution in [0.25, 0.3) is 0 Å². The smallest absolute Gasteiger partial charge is 0.123 e. The summed E-state index contributed by atoms with van der Waals surface area (Å²) in [5.41, 5.74) is 1.84. The van der Waals surface area contributed by atoms with E-state index < -0.39 is 0 Å². The first-order chi connectivity index (χ1) is 8.51. The fraction of sp³-hybridized carbons (Fsp3) is 0.429. The van der Waals surface area contributed by atoms with Gasteiger partial charge in [-0.3, -0.25) is 9.80 Å². The molecule has 2 unspecified atom stereocenters. The minimum absolute atomic E-state index is 0.286. The molecule has 0 amide bonds. The van der Waals surface area contributed by atoms with Gasteiger partial charge in [0.05, 0.1) is 12.1 Å². The van der Waals surface area contributed by atoms with E-state index in [4.69, 9.17) is 0 Å². The molecule has 94 valence electrons. The molecule has 0 saturated heterocycles. The van der Waals surface area contributed by atoms with Gasteiger partial charge in [0.15, 0.2) is 0 Å². The highest BCUT2D eigenvalue weighted by Gasteiger charge is 2.17. The molecule has 1 aromatic carbocycles. The molecular formula is C14H18N4. The summed E-state index contributed by atoms with van der Waals surface area (Å²) in [7, 11) is 7.48. The van der Waals surface area contributed by atoms with Crippen molar-refractivity contribution in [2.45, 2.75) is 12.1 Å². The zero-order chi connectivity index (χ0) is 13.7. The Kier molecular flexibility index (Phi) is 4.85. The minimum atomic E-state index is -0.286. The Labute approximate surface area is 109 Å². The highest BCUT2D eigenvalue weighted by atomic mass is 15.1. The molecule has 0 bridgehead atoms. The van der Waals surface area contributed by atoms with Crippen LogP contribution in [0.1, 0.15) is 23.2 Å². The van der Waals surface area contributed by atoms with E-state index in [0.29, 0.717) is 0 Å². The summed E-state index contributed by atoms with van der Waals surface area (Å²) in [5, 5.41) is 18.4. The van der Waals surface area contributed by atoms with Crippen molar-refractivity contribution < 1.29 is 0 Å². The first kappa shape index (κ1) is 14.2. The van der Waals surface area contributed by atoms with Gasteiger partial charge in [-0.2, -0.15) is 10.5 Å². The molecule has 0 N–H and O–H groups in total. The highest BCUT2D eigenvalue weighted by molar-refractivity contribution is 5.33. The van der Waals surface area contributed by atoms with Gasteiger partial charge in [-0.25, -0.2) is 0 Å². The summed E-state index contributed by atoms with van der Waals surface area (Å²) in [5.74, 6) is 0. The molecule has 0 aliphatic heterocycles. The summed E-state index contributed by atoms with van der Waals surface area (Å²) >= 11 is 0. The molecule has 0 fully saturated rings. The van der Waals surface area contributed by atoms with E-state index in [2.05, 4.69) is 12.1 Å². The molecule has 0 aromatic heterocycles. The van der Waals surface area contributed by atoms with E-state index in [1.54, 1.807) is 0 Å². The van der Waals surface area contributed by atoms with Crippen molar-refractivity contribution in [1.29, 1.82) is 10.5 Å². The monoisotopic (exact) mass is 242 g/mol. The Morgan fingerprint density at radius 2 is 1.28 bits per heavy atom. The maximum Gasteiger partial charge on any atom is 0.123 e. The van der Waals surface area contributed by atoms with Crippen LogP contribution >= 0.6 is 0 Å². The number of nitriles is 2. The molecule has 0 radical (unpaired) electrons. The Morgan fingerprint density at radius 3 is 1.56 bits per heavy atom. The van der Waals surface area contributed by atoms with Crippen LogP contribution in [-0.4, -0.2) is 38.0 Å². The van der Waals surface area contributed by atoms with E-state index >= 15 is 0 Å². The summed E-state index contributed by atoms with van der Waals surface area (Å²) in [6.45, 7) is 0. The number of benzene rings is 1. The predicted molar refractivity (Wildman–Crippen MR) is 70.5 cm³/mol. The lowest BCUT2D eigenvalue weighted by Gasteiger charge is -2.21. The van der Waals surface area contributed by atoms with Gasteiger partial charge in [-0.05, 0) is 39.3 Å². The van der Waals surface area contributed by atoms with Gasteiger partial charge in [0.25, 0.3) is 0 Å². The van der Waals surface area contributed by atoms with Crippen LogP contribution in [0.4, 0.5) is 0 Å². The van der Waals surface area contributed by atoms with Gasteiger partial charge in [-0.15, -0.1) is 0 Å². The Bertz CT molecular complexity index is 438. The molecular weight excluding hydrogens is 224 g/mol. The third kappa shape index (κ3) is 3.07. The maximum atomic E-state index is 9.18. The van der Waals surface area contributed by atoms with Crippen molar-refractivity contribution in [2.75, 3.05) is 28.2 Å². The number of hydrogen-bond donors (Lipinski definition) is 0. The first-order valence-corrected chi connectivity index (χ1v) is 5.73. The number of rotatable bonds is 4. The third-order valence-electron chi connectivity index (χ3n) is 2.82. The molecule has 0 saturated carbocycles. The van der Waals surface area contributed by atoms with Gasteiger partial charge in [0, 0.05) is 0 Å². The zero-order valence-electron chi connectivity index (χ0n) is 11.3. The van der Waals surface area contributed by atoms with Crippen molar-refractivity contribution in [3.63, 3.8) is 0 Å². The van der Waals surface area contributed by atoms with Crippen LogP contribution in [0, 0.1) is 22.7 Å². The topological polar surface area (TPSA) is 54.1 Å². The van der Waals surface area contributed by atoms with E-state index in [1.807, 2.05) is 62.3 Å². The van der Waals surface area contributed by atoms with Crippen molar-refractivity contribution in [1.82, 2.24) is 9.80 Å². The van der Waals surface area contributed by atoms with Crippen LogP contribution in [0.5, 0.6) is 0 Å². The normalized spacial score (nSPS) is 14.0. The molecule has 1 aromatic rings. The second kappa shape index (κ2) is 6.16. The molecule has 1 rings (SSSR count). The predicted octanol–water partition coefficient (Wildman–Crippen LogP) is 1.94. The summed E-state index contributed by atoms with van der Waals surface area (Å²) < 4.78 is 0. The number of nitrogens with zero attached hydrogens (tertiary/aromatic N) is 4. The lowest BCUT2D eigenvalue weighted by molar-refractivity contribution is 0.351. The second-order valence-electron chi connectivity index (χ2n) is 4.66. The van der Waals surface area contributed by atoms with Crippen LogP contribution in [-0.2, 0) is 0 Å². The first-order valence-electron chi connectivity index (χ1n) is 5.73. The van der Waals surface area contributed by atoms with Crippen LogP contribution in [0.15, 0.2) is 24.3 Å². The van der Waals surface area contributed by atoms with Gasteiger partial charge in [0.2, 0.25) is 0 Å². The lowest BCUT2D eigenvalue weighted by atomic mass is 10.00. The Balaban J connectivity index is 3.14. The van der Waals surface area contributed by atoms with Gasteiger partial charge >= 0.3 is 0 Å². The van der Waals surface area contributed by atoms with Crippen molar-refractivity contribution in [3.8, 4) is 12.1 Å². The molecule has 18 heavy (non-hydrogen) atoms. The molecule has 2 atom stereocenters. The molecule has 0 heterocycles. The maximum absolute atomic E-state index is 9.18. The highest BCUT2D eigenvalue weighted by Crippen LogP contribution is 2.23. The van der Waals surface area contributed by atoms with Gasteiger partial charge < -0.3 is 0 Å². The molecule has 4 nitrogen and oxygen atoms in total. The van der Waals surface area contributed by atoms with Crippen molar-refractivity contribution >= 4 is 0 Å². The third-order valence-corrected chi connectivity index (χ3v) is 2.82. The average molecular weight is 242 g/mol. The largest absolute Gasteiger partial charge is 0.291 e. The van der Waals surface area contributed by atoms with E-state index in [9.17, 15) is 10.5 Å². The SMILES string of the molecule is CN(C)C(C#N)c1cccc(C(C#N)N(C)C)c1. The van der Waals surface area contributed by atoms with Crippen LogP contribution in [0.3, 0.4) is 0 Å². The van der Waals surface area contributed by atoms with E-state index in [-0.39, 0.29) is 12.1 Å². The Morgan fingerprint density at radius 1 is 0.889 bits per heavy atom. The van der Waals surface area contributed by atoms with Crippen molar-refractivity contribution in [2.24, 2.45) is 0 Å². The Hall–Kier alpha value is -1.88. The second-order valence-corrected chi connectivity index (χ2v) is 4.66. The molecule has 4 heteroatoms. The van der Waals surface area contributed by atoms with E-state index in [0.717, 1.165) is 11.1 Å². The summed E-state index contributed by atoms with van der Waals surface area (Å²) in [4.78, 5) is 3.71. The number of hydrogen-bond acceptors (Lipinski definition) is 4. The zero-order valence-corrected chi connectivity index (χ0v) is 11.3. The summed E-state index contributed by atoms with van der Waals surface area (Å²) in [6.07, 6.45) is 0. The quantitative estimate of drug-likeness (QED) is 0.809. The minimum Gasteiger partial charge on any atom is -0.291 e. The molecule has 0 aliphatic rings. The van der Waals surface area contributed by atoms with E-state index in [1.165, 1.54) is 0 Å². The fourth-order valence-corrected chi connectivity index (χ4v) is 1.88. The lowest BCUT2D eigenvalue weighted by Crippen LogP contribution is -2.20. The summed E-state index contributed by atoms with van der Waals surface area (Å²) in [6, 6.07) is 11.6.